The maximum Gasteiger partial charge on any atom is 0.314 e. The molecule has 0 spiro atoms. The van der Waals surface area contributed by atoms with Crippen LogP contribution < -0.4 is 4.74 Å². The fraction of sp³-hybridized carbons (Fsp3) is 0.450. The summed E-state index contributed by atoms with van der Waals surface area (Å²) in [5.41, 5.74) is -0.105. The Bertz CT molecular complexity index is 944. The molecule has 0 aliphatic carbocycles. The average molecular weight is 422 g/mol. The van der Waals surface area contributed by atoms with Gasteiger partial charge in [0.2, 0.25) is 0 Å². The molecule has 0 radical (unpaired) electrons. The Morgan fingerprint density at radius 2 is 2.14 bits per heavy atom. The number of aliphatic hydroxyl groups is 1. The number of ether oxygens (including phenoxy) is 1. The van der Waals surface area contributed by atoms with Gasteiger partial charge in [0.05, 0.1) is 23.9 Å². The summed E-state index contributed by atoms with van der Waals surface area (Å²) in [5, 5.41) is 25.1. The zero-order valence-corrected chi connectivity index (χ0v) is 17.3. The number of aromatic nitrogens is 2. The van der Waals surface area contributed by atoms with Crippen molar-refractivity contribution in [3.63, 3.8) is 0 Å². The Kier molecular flexibility index (Phi) is 5.86. The van der Waals surface area contributed by atoms with E-state index in [0.717, 1.165) is 0 Å². The number of amides is 1. The molecule has 8 nitrogen and oxygen atoms in total. The van der Waals surface area contributed by atoms with Gasteiger partial charge in [-0.15, -0.1) is 0 Å². The van der Waals surface area contributed by atoms with Gasteiger partial charge in [0.1, 0.15) is 16.9 Å². The number of aliphatic hydroxyl groups excluding tert-OH is 1. The van der Waals surface area contributed by atoms with Crippen molar-refractivity contribution < 1.29 is 24.5 Å². The highest BCUT2D eigenvalue weighted by Gasteiger charge is 2.50. The van der Waals surface area contributed by atoms with Gasteiger partial charge in [0.15, 0.2) is 0 Å². The standard InChI is InChI=1S/C20H24ClN3O5/c1-12-16(21)17(23(2)22-12)18(26)24-8-7-15(25)20(11-24,19(27)28)10-13-5-4-6-14(9-13)29-3/h4-6,9,15,25H,7-8,10-11H2,1-3H3,(H,27,28)/t15-,20+/m0/s1. The van der Waals surface area contributed by atoms with Crippen molar-refractivity contribution in [3.8, 4) is 5.75 Å². The SMILES string of the molecule is COc1cccc(C[C@@]2(C(=O)O)CN(C(=O)c3c(Cl)c(C)nn3C)CC[C@@H]2O)c1. The molecule has 1 saturated heterocycles. The quantitative estimate of drug-likeness (QED) is 0.764. The third-order valence-corrected chi connectivity index (χ3v) is 5.95. The second-order valence-electron chi connectivity index (χ2n) is 7.39. The third kappa shape index (κ3) is 3.82. The number of rotatable bonds is 5. The van der Waals surface area contributed by atoms with Crippen LogP contribution in [0.25, 0.3) is 0 Å². The van der Waals surface area contributed by atoms with E-state index < -0.39 is 23.4 Å². The van der Waals surface area contributed by atoms with E-state index >= 15 is 0 Å². The number of hydrogen-bond acceptors (Lipinski definition) is 5. The molecule has 1 aromatic carbocycles. The van der Waals surface area contributed by atoms with Crippen LogP contribution in [-0.4, -0.2) is 63.1 Å². The topological polar surface area (TPSA) is 105 Å². The van der Waals surface area contributed by atoms with Crippen molar-refractivity contribution in [2.75, 3.05) is 20.2 Å². The molecule has 29 heavy (non-hydrogen) atoms. The number of carbonyl (C=O) groups is 2. The first-order valence-electron chi connectivity index (χ1n) is 9.22. The molecule has 1 aliphatic rings. The van der Waals surface area contributed by atoms with Gasteiger partial charge in [-0.2, -0.15) is 5.10 Å². The smallest absolute Gasteiger partial charge is 0.314 e. The summed E-state index contributed by atoms with van der Waals surface area (Å²) < 4.78 is 6.61. The molecule has 2 heterocycles. The Balaban J connectivity index is 1.94. The van der Waals surface area contributed by atoms with Crippen molar-refractivity contribution >= 4 is 23.5 Å². The van der Waals surface area contributed by atoms with Gasteiger partial charge in [-0.25, -0.2) is 0 Å². The largest absolute Gasteiger partial charge is 0.497 e. The van der Waals surface area contributed by atoms with E-state index in [-0.39, 0.29) is 36.6 Å². The second kappa shape index (κ2) is 8.04. The van der Waals surface area contributed by atoms with E-state index in [1.165, 1.54) is 16.7 Å². The van der Waals surface area contributed by atoms with Crippen LogP contribution in [0.3, 0.4) is 0 Å². The number of halogens is 1. The summed E-state index contributed by atoms with van der Waals surface area (Å²) in [7, 11) is 3.15. The van der Waals surface area contributed by atoms with E-state index in [2.05, 4.69) is 5.10 Å². The fourth-order valence-corrected chi connectivity index (χ4v) is 4.11. The zero-order chi connectivity index (χ0) is 21.3. The minimum atomic E-state index is -1.54. The first kappa shape index (κ1) is 21.1. The number of likely N-dealkylation sites (tertiary alicyclic amines) is 1. The summed E-state index contributed by atoms with van der Waals surface area (Å²) in [4.78, 5) is 26.9. The molecular weight excluding hydrogens is 398 g/mol. The highest BCUT2D eigenvalue weighted by Crippen LogP contribution is 2.36. The van der Waals surface area contributed by atoms with Crippen LogP contribution in [0.15, 0.2) is 24.3 Å². The van der Waals surface area contributed by atoms with Gasteiger partial charge in [0.25, 0.3) is 5.91 Å². The highest BCUT2D eigenvalue weighted by atomic mass is 35.5. The molecule has 1 aromatic heterocycles. The first-order chi connectivity index (χ1) is 13.7. The number of carbonyl (C=O) groups excluding carboxylic acids is 1. The van der Waals surface area contributed by atoms with Crippen LogP contribution in [0, 0.1) is 12.3 Å². The Hall–Kier alpha value is -2.58. The lowest BCUT2D eigenvalue weighted by molar-refractivity contribution is -0.161. The lowest BCUT2D eigenvalue weighted by atomic mass is 9.72. The lowest BCUT2D eigenvalue weighted by Gasteiger charge is -2.43. The van der Waals surface area contributed by atoms with Crippen molar-refractivity contribution in [1.29, 1.82) is 0 Å². The van der Waals surface area contributed by atoms with E-state index in [1.54, 1.807) is 38.2 Å². The molecule has 2 aromatic rings. The molecule has 156 valence electrons. The van der Waals surface area contributed by atoms with E-state index in [0.29, 0.717) is 17.0 Å². The summed E-state index contributed by atoms with van der Waals surface area (Å²) in [5.74, 6) is -0.961. The number of benzene rings is 1. The molecule has 9 heteroatoms. The maximum absolute atomic E-state index is 13.1. The van der Waals surface area contributed by atoms with E-state index in [4.69, 9.17) is 16.3 Å². The number of carboxylic acids is 1. The Morgan fingerprint density at radius 3 is 2.72 bits per heavy atom. The van der Waals surface area contributed by atoms with Gasteiger partial charge in [-0.3, -0.25) is 14.3 Å². The van der Waals surface area contributed by atoms with Crippen molar-refractivity contribution in [2.45, 2.75) is 25.9 Å². The van der Waals surface area contributed by atoms with Gasteiger partial charge < -0.3 is 19.8 Å². The first-order valence-corrected chi connectivity index (χ1v) is 9.60. The minimum absolute atomic E-state index is 0.0582. The monoisotopic (exact) mass is 421 g/mol. The van der Waals surface area contributed by atoms with Crippen LogP contribution in [0.1, 0.15) is 28.2 Å². The minimum Gasteiger partial charge on any atom is -0.497 e. The molecule has 1 fully saturated rings. The predicted octanol–water partition coefficient (Wildman–Crippen LogP) is 1.91. The molecule has 1 amide bonds. The van der Waals surface area contributed by atoms with Gasteiger partial charge in [0, 0.05) is 20.1 Å². The van der Waals surface area contributed by atoms with E-state index in [9.17, 15) is 19.8 Å². The summed E-state index contributed by atoms with van der Waals surface area (Å²) in [6.45, 7) is 1.79. The van der Waals surface area contributed by atoms with Crippen LogP contribution >= 0.6 is 11.6 Å². The maximum atomic E-state index is 13.1. The Labute approximate surface area is 173 Å². The predicted molar refractivity (Wildman–Crippen MR) is 106 cm³/mol. The normalized spacial score (nSPS) is 21.8. The number of methoxy groups -OCH3 is 1. The van der Waals surface area contributed by atoms with Crippen molar-refractivity contribution in [3.05, 3.63) is 46.2 Å². The fourth-order valence-electron chi connectivity index (χ4n) is 3.87. The van der Waals surface area contributed by atoms with Crippen molar-refractivity contribution in [2.24, 2.45) is 12.5 Å². The third-order valence-electron chi connectivity index (χ3n) is 5.50. The molecule has 0 bridgehead atoms. The van der Waals surface area contributed by atoms with Crippen molar-refractivity contribution in [1.82, 2.24) is 14.7 Å². The van der Waals surface area contributed by atoms with Crippen LogP contribution in [0.4, 0.5) is 0 Å². The molecule has 1 aliphatic heterocycles. The number of nitrogens with zero attached hydrogens (tertiary/aromatic N) is 3. The number of aryl methyl sites for hydroxylation is 2. The average Bonchev–Trinajstić information content (AvgIpc) is 2.94. The molecule has 0 unspecified atom stereocenters. The molecule has 2 atom stereocenters. The molecular formula is C20H24ClN3O5. The summed E-state index contributed by atoms with van der Waals surface area (Å²) in [6, 6.07) is 7.04. The van der Waals surface area contributed by atoms with Crippen LogP contribution in [0.5, 0.6) is 5.75 Å². The van der Waals surface area contributed by atoms with Crippen LogP contribution in [-0.2, 0) is 18.3 Å². The van der Waals surface area contributed by atoms with Gasteiger partial charge in [-0.05, 0) is 37.5 Å². The number of hydrogen-bond donors (Lipinski definition) is 2. The number of carboxylic acid groups (broad SMARTS) is 1. The van der Waals surface area contributed by atoms with Gasteiger partial charge >= 0.3 is 5.97 Å². The van der Waals surface area contributed by atoms with E-state index in [1.807, 2.05) is 0 Å². The Morgan fingerprint density at radius 1 is 1.41 bits per heavy atom. The summed E-state index contributed by atoms with van der Waals surface area (Å²) in [6.07, 6.45) is -0.891. The lowest BCUT2D eigenvalue weighted by Crippen LogP contribution is -2.58. The second-order valence-corrected chi connectivity index (χ2v) is 7.77. The molecule has 2 N–H and O–H groups in total. The zero-order valence-electron chi connectivity index (χ0n) is 16.6. The number of aliphatic carboxylic acids is 1. The number of piperidine rings is 1. The molecule has 3 rings (SSSR count). The van der Waals surface area contributed by atoms with Crippen LogP contribution in [0.2, 0.25) is 5.02 Å². The molecule has 0 saturated carbocycles. The highest BCUT2D eigenvalue weighted by molar-refractivity contribution is 6.34. The van der Waals surface area contributed by atoms with Gasteiger partial charge in [-0.1, -0.05) is 23.7 Å². The summed E-state index contributed by atoms with van der Waals surface area (Å²) >= 11 is 6.24.